The molecular formula is C26H42Si2. The second kappa shape index (κ2) is 8.48. The lowest BCUT2D eigenvalue weighted by molar-refractivity contribution is 0.383. The zero-order valence-corrected chi connectivity index (χ0v) is 21.9. The van der Waals surface area contributed by atoms with E-state index in [4.69, 9.17) is 0 Å². The Hall–Kier alpha value is -0.866. The Morgan fingerprint density at radius 1 is 0.893 bits per heavy atom. The third-order valence-corrected chi connectivity index (χ3v) is 13.7. The van der Waals surface area contributed by atoms with E-state index in [1.54, 1.807) is 27.1 Å². The first kappa shape index (κ1) is 21.8. The minimum Gasteiger partial charge on any atom is -0.0690 e. The standard InChI is InChI=1S/C26H42Si2/c1-18-14-24(16-25(15-18)28(6,7)8)27(17-23-12-10-9-11-13-23)26-21(4)19(2)20(3)22(26)5/h14-16,21,23,27H,9-13,17H2,1-8H3. The van der Waals surface area contributed by atoms with Gasteiger partial charge in [0.1, 0.15) is 0 Å². The maximum Gasteiger partial charge on any atom is 0.0990 e. The molecule has 154 valence electrons. The minimum absolute atomic E-state index is 0.663. The summed E-state index contributed by atoms with van der Waals surface area (Å²) in [7, 11) is -2.48. The van der Waals surface area contributed by atoms with Gasteiger partial charge in [-0.25, -0.2) is 0 Å². The van der Waals surface area contributed by atoms with Crippen molar-refractivity contribution in [2.24, 2.45) is 11.8 Å². The summed E-state index contributed by atoms with van der Waals surface area (Å²) in [5.41, 5.74) is 6.35. The van der Waals surface area contributed by atoms with Gasteiger partial charge in [0.2, 0.25) is 0 Å². The second-order valence-corrected chi connectivity index (χ2v) is 18.7. The molecule has 2 atom stereocenters. The summed E-state index contributed by atoms with van der Waals surface area (Å²) in [6, 6.07) is 9.20. The molecule has 0 nitrogen and oxygen atoms in total. The van der Waals surface area contributed by atoms with Crippen LogP contribution in [0.3, 0.4) is 0 Å². The third kappa shape index (κ3) is 4.48. The number of allylic oxidation sites excluding steroid dienone is 4. The molecule has 0 aliphatic heterocycles. The molecule has 1 saturated carbocycles. The molecule has 0 bridgehead atoms. The molecule has 1 fully saturated rings. The molecule has 2 aliphatic rings. The Morgan fingerprint density at radius 3 is 2.07 bits per heavy atom. The van der Waals surface area contributed by atoms with Gasteiger partial charge in [0.05, 0.1) is 16.9 Å². The molecule has 0 saturated heterocycles. The summed E-state index contributed by atoms with van der Waals surface area (Å²) in [4.78, 5) is 0. The van der Waals surface area contributed by atoms with E-state index in [9.17, 15) is 0 Å². The van der Waals surface area contributed by atoms with Crippen LogP contribution in [-0.4, -0.2) is 16.9 Å². The van der Waals surface area contributed by atoms with E-state index in [1.807, 2.05) is 5.20 Å². The van der Waals surface area contributed by atoms with Gasteiger partial charge in [-0.3, -0.25) is 0 Å². The van der Waals surface area contributed by atoms with E-state index in [-0.39, 0.29) is 0 Å². The lowest BCUT2D eigenvalue weighted by Crippen LogP contribution is -2.44. The van der Waals surface area contributed by atoms with Crippen molar-refractivity contribution in [2.45, 2.75) is 92.4 Å². The predicted octanol–water partition coefficient (Wildman–Crippen LogP) is 6.40. The Bertz CT molecular complexity index is 785. The normalized spacial score (nSPS) is 22.9. The fourth-order valence-corrected chi connectivity index (χ4v) is 11.5. The molecular weight excluding hydrogens is 368 g/mol. The Labute approximate surface area is 177 Å². The van der Waals surface area contributed by atoms with Gasteiger partial charge in [0, 0.05) is 0 Å². The summed E-state index contributed by atoms with van der Waals surface area (Å²) >= 11 is 0. The van der Waals surface area contributed by atoms with Crippen LogP contribution in [0, 0.1) is 18.8 Å². The van der Waals surface area contributed by atoms with Crippen LogP contribution < -0.4 is 10.4 Å². The molecule has 0 radical (unpaired) electrons. The number of hydrogen-bond donors (Lipinski definition) is 0. The molecule has 3 rings (SSSR count). The summed E-state index contributed by atoms with van der Waals surface area (Å²) in [5, 5.41) is 5.27. The highest BCUT2D eigenvalue weighted by Crippen LogP contribution is 2.40. The number of hydrogen-bond acceptors (Lipinski definition) is 0. The van der Waals surface area contributed by atoms with Crippen LogP contribution in [0.25, 0.3) is 0 Å². The van der Waals surface area contributed by atoms with E-state index in [2.05, 4.69) is 72.5 Å². The molecule has 1 aromatic rings. The van der Waals surface area contributed by atoms with Crippen LogP contribution in [0.2, 0.25) is 25.7 Å². The van der Waals surface area contributed by atoms with Crippen molar-refractivity contribution in [3.8, 4) is 0 Å². The van der Waals surface area contributed by atoms with Crippen molar-refractivity contribution in [3.63, 3.8) is 0 Å². The largest absolute Gasteiger partial charge is 0.0990 e. The Balaban J connectivity index is 2.06. The molecule has 0 N–H and O–H groups in total. The first-order valence-electron chi connectivity index (χ1n) is 11.6. The molecule has 2 heteroatoms. The van der Waals surface area contributed by atoms with Crippen molar-refractivity contribution in [2.75, 3.05) is 0 Å². The molecule has 1 aromatic carbocycles. The average molecular weight is 411 g/mol. The van der Waals surface area contributed by atoms with E-state index >= 15 is 0 Å². The van der Waals surface area contributed by atoms with Gasteiger partial charge in [-0.15, -0.1) is 0 Å². The topological polar surface area (TPSA) is 0 Å². The van der Waals surface area contributed by atoms with Gasteiger partial charge in [-0.05, 0) is 51.1 Å². The second-order valence-electron chi connectivity index (χ2n) is 10.8. The number of rotatable bonds is 5. The predicted molar refractivity (Wildman–Crippen MR) is 133 cm³/mol. The SMILES string of the molecule is CC1=C(C)C(C)C([SiH](CC2CCCCC2)c2cc(C)cc([Si](C)(C)C)c2)=C1C. The zero-order valence-electron chi connectivity index (χ0n) is 19.7. The van der Waals surface area contributed by atoms with E-state index in [0.29, 0.717) is 5.92 Å². The summed E-state index contributed by atoms with van der Waals surface area (Å²) in [6.07, 6.45) is 7.34. The Morgan fingerprint density at radius 2 is 1.54 bits per heavy atom. The van der Waals surface area contributed by atoms with E-state index in [1.165, 1.54) is 43.7 Å². The Kier molecular flexibility index (Phi) is 6.61. The first-order chi connectivity index (χ1) is 13.1. The maximum atomic E-state index is 2.66. The molecule has 0 amide bonds. The fraction of sp³-hybridized carbons (Fsp3) is 0.615. The van der Waals surface area contributed by atoms with Gasteiger partial charge < -0.3 is 0 Å². The third-order valence-electron chi connectivity index (χ3n) is 7.74. The lowest BCUT2D eigenvalue weighted by atomic mass is 9.91. The van der Waals surface area contributed by atoms with Crippen LogP contribution in [0.4, 0.5) is 0 Å². The maximum absolute atomic E-state index is 2.66. The van der Waals surface area contributed by atoms with E-state index in [0.717, 1.165) is 5.92 Å². The molecule has 0 spiro atoms. The highest BCUT2D eigenvalue weighted by atomic mass is 28.3. The molecule has 2 aliphatic carbocycles. The van der Waals surface area contributed by atoms with Crippen molar-refractivity contribution in [1.29, 1.82) is 0 Å². The van der Waals surface area contributed by atoms with Crippen LogP contribution >= 0.6 is 0 Å². The van der Waals surface area contributed by atoms with Crippen molar-refractivity contribution in [1.82, 2.24) is 0 Å². The molecule has 0 aromatic heterocycles. The van der Waals surface area contributed by atoms with Gasteiger partial charge in [-0.2, -0.15) is 0 Å². The fourth-order valence-electron chi connectivity index (χ4n) is 5.60. The summed E-state index contributed by atoms with van der Waals surface area (Å²) < 4.78 is 0. The van der Waals surface area contributed by atoms with Gasteiger partial charge in [0.25, 0.3) is 0 Å². The summed E-state index contributed by atoms with van der Waals surface area (Å²) in [6.45, 7) is 19.5. The van der Waals surface area contributed by atoms with Crippen molar-refractivity contribution < 1.29 is 0 Å². The smallest absolute Gasteiger partial charge is 0.0690 e. The number of benzene rings is 1. The van der Waals surface area contributed by atoms with Gasteiger partial charge >= 0.3 is 0 Å². The molecule has 0 heterocycles. The van der Waals surface area contributed by atoms with Crippen LogP contribution in [0.5, 0.6) is 0 Å². The first-order valence-corrected chi connectivity index (χ1v) is 17.1. The highest BCUT2D eigenvalue weighted by Gasteiger charge is 2.34. The van der Waals surface area contributed by atoms with Crippen LogP contribution in [-0.2, 0) is 0 Å². The van der Waals surface area contributed by atoms with E-state index < -0.39 is 16.9 Å². The van der Waals surface area contributed by atoms with Gasteiger partial charge in [0.15, 0.2) is 0 Å². The summed E-state index contributed by atoms with van der Waals surface area (Å²) in [5.74, 6) is 1.63. The van der Waals surface area contributed by atoms with Crippen molar-refractivity contribution >= 4 is 27.2 Å². The molecule has 2 unspecified atom stereocenters. The lowest BCUT2D eigenvalue weighted by Gasteiger charge is -2.31. The van der Waals surface area contributed by atoms with Crippen LogP contribution in [0.15, 0.2) is 40.1 Å². The number of aryl methyl sites for hydroxylation is 1. The van der Waals surface area contributed by atoms with Crippen molar-refractivity contribution in [3.05, 3.63) is 45.7 Å². The monoisotopic (exact) mass is 410 g/mol. The van der Waals surface area contributed by atoms with Gasteiger partial charge in [-0.1, -0.05) is 109 Å². The minimum atomic E-state index is -1.30. The molecule has 28 heavy (non-hydrogen) atoms. The zero-order chi connectivity index (χ0) is 20.6. The highest BCUT2D eigenvalue weighted by molar-refractivity contribution is 6.89. The average Bonchev–Trinajstić information content (AvgIpc) is 2.83. The van der Waals surface area contributed by atoms with Crippen LogP contribution in [0.1, 0.15) is 65.4 Å². The quantitative estimate of drug-likeness (QED) is 0.493.